The van der Waals surface area contributed by atoms with Crippen LogP contribution in [0.4, 0.5) is 0 Å². The summed E-state index contributed by atoms with van der Waals surface area (Å²) in [5.74, 6) is 0.247. The smallest absolute Gasteiger partial charge is 0.306 e. The number of methoxy groups -OCH3 is 4. The van der Waals surface area contributed by atoms with E-state index in [-0.39, 0.29) is 28.4 Å². The maximum atomic E-state index is 13.8. The Hall–Kier alpha value is -5.05. The summed E-state index contributed by atoms with van der Waals surface area (Å²) in [5.41, 5.74) is 2.03. The highest BCUT2D eigenvalue weighted by molar-refractivity contribution is 5.88. The average Bonchev–Trinajstić information content (AvgIpc) is 3.01. The molecule has 0 bridgehead atoms. The number of benzene rings is 3. The number of hydrogen-bond donors (Lipinski definition) is 0. The molecule has 1 atom stereocenters. The lowest BCUT2D eigenvalue weighted by molar-refractivity contribution is -0.140. The lowest BCUT2D eigenvalue weighted by Gasteiger charge is -2.21. The van der Waals surface area contributed by atoms with Crippen molar-refractivity contribution in [2.45, 2.75) is 12.3 Å². The van der Waals surface area contributed by atoms with Gasteiger partial charge in [-0.05, 0) is 53.4 Å². The molecular formula is C32H29NO8. The fraction of sp³-hybridized carbons (Fsp3) is 0.219. The lowest BCUT2D eigenvalue weighted by Crippen LogP contribution is -2.26. The van der Waals surface area contributed by atoms with E-state index in [1.807, 2.05) is 6.07 Å². The van der Waals surface area contributed by atoms with E-state index in [2.05, 4.69) is 0 Å². The van der Waals surface area contributed by atoms with Crippen molar-refractivity contribution >= 4 is 27.8 Å². The van der Waals surface area contributed by atoms with Crippen LogP contribution in [0.5, 0.6) is 17.2 Å². The number of rotatable bonds is 8. The molecule has 5 rings (SSSR count). The molecule has 0 aliphatic heterocycles. The first-order valence-electron chi connectivity index (χ1n) is 12.8. The van der Waals surface area contributed by atoms with Crippen LogP contribution in [-0.2, 0) is 16.6 Å². The molecule has 41 heavy (non-hydrogen) atoms. The number of carbonyl (C=O) groups is 1. The standard InChI is InChI=1S/C32H29NO8/c1-33-26-15-21(38-3)11-8-19(26)14-24(32(33)36)23(16-28(34)40-5)29-27(39-4)13-12-22-30(35)25(17-41-31(22)29)18-6-9-20(37-2)10-7-18/h6-15,17,23H,16H2,1-5H3/t23-/m1/s1. The Morgan fingerprint density at radius 1 is 0.878 bits per heavy atom. The Bertz CT molecular complexity index is 1890. The third kappa shape index (κ3) is 4.91. The molecule has 0 saturated carbocycles. The predicted molar refractivity (Wildman–Crippen MR) is 155 cm³/mol. The van der Waals surface area contributed by atoms with Gasteiger partial charge in [0.2, 0.25) is 5.43 Å². The third-order valence-electron chi connectivity index (χ3n) is 7.34. The van der Waals surface area contributed by atoms with Crippen molar-refractivity contribution in [2.75, 3.05) is 28.4 Å². The van der Waals surface area contributed by atoms with Gasteiger partial charge >= 0.3 is 5.97 Å². The van der Waals surface area contributed by atoms with E-state index < -0.39 is 11.9 Å². The monoisotopic (exact) mass is 555 g/mol. The van der Waals surface area contributed by atoms with Crippen LogP contribution in [-0.4, -0.2) is 39.0 Å². The van der Waals surface area contributed by atoms with Gasteiger partial charge in [-0.25, -0.2) is 0 Å². The number of aryl methyl sites for hydroxylation is 1. The zero-order chi connectivity index (χ0) is 29.3. The van der Waals surface area contributed by atoms with Crippen LogP contribution in [0.15, 0.2) is 80.9 Å². The normalized spacial score (nSPS) is 11.8. The Morgan fingerprint density at radius 3 is 2.24 bits per heavy atom. The second kappa shape index (κ2) is 11.2. The first kappa shape index (κ1) is 27.5. The molecule has 5 aromatic rings. The van der Waals surface area contributed by atoms with Crippen LogP contribution >= 0.6 is 0 Å². The third-order valence-corrected chi connectivity index (χ3v) is 7.34. The van der Waals surface area contributed by atoms with Gasteiger partial charge in [-0.1, -0.05) is 12.1 Å². The van der Waals surface area contributed by atoms with Gasteiger partial charge < -0.3 is 27.9 Å². The minimum Gasteiger partial charge on any atom is -0.497 e. The van der Waals surface area contributed by atoms with Gasteiger partial charge in [-0.15, -0.1) is 0 Å². The van der Waals surface area contributed by atoms with Gasteiger partial charge in [-0.2, -0.15) is 0 Å². The second-order valence-electron chi connectivity index (χ2n) is 9.49. The summed E-state index contributed by atoms with van der Waals surface area (Å²) in [6, 6.07) is 17.5. The minimum atomic E-state index is -0.846. The molecule has 9 heteroatoms. The molecule has 210 valence electrons. The van der Waals surface area contributed by atoms with Crippen LogP contribution in [0, 0.1) is 0 Å². The summed E-state index contributed by atoms with van der Waals surface area (Å²) in [4.78, 5) is 40.2. The second-order valence-corrected chi connectivity index (χ2v) is 9.49. The van der Waals surface area contributed by atoms with Crippen LogP contribution in [0.2, 0.25) is 0 Å². The van der Waals surface area contributed by atoms with Gasteiger partial charge in [0.1, 0.15) is 29.1 Å². The summed E-state index contributed by atoms with van der Waals surface area (Å²) >= 11 is 0. The number of nitrogens with zero attached hydrogens (tertiary/aromatic N) is 1. The number of carbonyl (C=O) groups excluding carboxylic acids is 1. The number of esters is 1. The molecule has 3 aromatic carbocycles. The van der Waals surface area contributed by atoms with Gasteiger partial charge in [0.15, 0.2) is 0 Å². The Kier molecular flexibility index (Phi) is 7.52. The predicted octanol–water partition coefficient (Wildman–Crippen LogP) is 5.03. The van der Waals surface area contributed by atoms with Gasteiger partial charge in [0, 0.05) is 30.2 Å². The quantitative estimate of drug-likeness (QED) is 0.246. The average molecular weight is 556 g/mol. The molecule has 0 aliphatic rings. The van der Waals surface area contributed by atoms with E-state index in [4.69, 9.17) is 23.4 Å². The summed E-state index contributed by atoms with van der Waals surface area (Å²) < 4.78 is 28.9. The molecule has 2 aromatic heterocycles. The molecule has 2 heterocycles. The van der Waals surface area contributed by atoms with Gasteiger partial charge in [0.25, 0.3) is 5.56 Å². The fourth-order valence-electron chi connectivity index (χ4n) is 5.14. The van der Waals surface area contributed by atoms with E-state index in [1.54, 1.807) is 75.9 Å². The number of aromatic nitrogens is 1. The van der Waals surface area contributed by atoms with Crippen molar-refractivity contribution in [3.05, 3.63) is 98.6 Å². The maximum absolute atomic E-state index is 13.8. The van der Waals surface area contributed by atoms with E-state index in [0.717, 1.165) is 5.39 Å². The molecule has 9 nitrogen and oxygen atoms in total. The fourth-order valence-corrected chi connectivity index (χ4v) is 5.14. The maximum Gasteiger partial charge on any atom is 0.306 e. The number of ether oxygens (including phenoxy) is 4. The highest BCUT2D eigenvalue weighted by atomic mass is 16.5. The van der Waals surface area contributed by atoms with Crippen molar-refractivity contribution in [2.24, 2.45) is 7.05 Å². The summed E-state index contributed by atoms with van der Waals surface area (Å²) in [6.45, 7) is 0. The van der Waals surface area contributed by atoms with Gasteiger partial charge in [0.05, 0.1) is 51.3 Å². The topological polar surface area (TPSA) is 106 Å². The summed E-state index contributed by atoms with van der Waals surface area (Å²) in [5, 5.41) is 1.05. The lowest BCUT2D eigenvalue weighted by atomic mass is 9.86. The SMILES string of the molecule is COC(=O)C[C@H](c1cc2ccc(OC)cc2n(C)c1=O)c1c(OC)ccc2c(=O)c(-c3ccc(OC)cc3)coc12. The molecule has 0 spiro atoms. The largest absolute Gasteiger partial charge is 0.497 e. The molecule has 0 fully saturated rings. The molecular weight excluding hydrogens is 526 g/mol. The summed E-state index contributed by atoms with van der Waals surface area (Å²) in [7, 11) is 7.55. The zero-order valence-corrected chi connectivity index (χ0v) is 23.3. The highest BCUT2D eigenvalue weighted by Gasteiger charge is 2.30. The molecule has 0 amide bonds. The Labute approximate surface area is 235 Å². The van der Waals surface area contributed by atoms with Crippen molar-refractivity contribution < 1.29 is 28.2 Å². The number of pyridine rings is 1. The zero-order valence-electron chi connectivity index (χ0n) is 23.3. The summed E-state index contributed by atoms with van der Waals surface area (Å²) in [6.07, 6.45) is 1.20. The van der Waals surface area contributed by atoms with E-state index in [0.29, 0.717) is 45.0 Å². The molecule has 0 aliphatic carbocycles. The molecule has 0 saturated heterocycles. The van der Waals surface area contributed by atoms with Crippen LogP contribution in [0.1, 0.15) is 23.5 Å². The van der Waals surface area contributed by atoms with Crippen LogP contribution in [0.25, 0.3) is 33.0 Å². The first-order valence-corrected chi connectivity index (χ1v) is 12.8. The Balaban J connectivity index is 1.78. The van der Waals surface area contributed by atoms with Crippen molar-refractivity contribution in [1.82, 2.24) is 4.57 Å². The number of hydrogen-bond acceptors (Lipinski definition) is 8. The number of fused-ring (bicyclic) bond motifs is 2. The molecule has 0 unspecified atom stereocenters. The minimum absolute atomic E-state index is 0.188. The first-order chi connectivity index (χ1) is 19.8. The Morgan fingerprint density at radius 2 is 1.59 bits per heavy atom. The van der Waals surface area contributed by atoms with Crippen molar-refractivity contribution in [3.63, 3.8) is 0 Å². The van der Waals surface area contributed by atoms with Crippen LogP contribution in [0.3, 0.4) is 0 Å². The van der Waals surface area contributed by atoms with Gasteiger partial charge in [-0.3, -0.25) is 14.4 Å². The molecule has 0 radical (unpaired) electrons. The van der Waals surface area contributed by atoms with E-state index >= 15 is 0 Å². The van der Waals surface area contributed by atoms with E-state index in [1.165, 1.54) is 25.0 Å². The molecule has 0 N–H and O–H groups in total. The van der Waals surface area contributed by atoms with Crippen molar-refractivity contribution in [1.29, 1.82) is 0 Å². The van der Waals surface area contributed by atoms with Crippen molar-refractivity contribution in [3.8, 4) is 28.4 Å². The highest BCUT2D eigenvalue weighted by Crippen LogP contribution is 2.40. The van der Waals surface area contributed by atoms with E-state index in [9.17, 15) is 14.4 Å². The van der Waals surface area contributed by atoms with Crippen LogP contribution < -0.4 is 25.2 Å².